The van der Waals surface area contributed by atoms with Gasteiger partial charge in [0.1, 0.15) is 0 Å². The molecule has 0 bridgehead atoms. The monoisotopic (exact) mass is 159 g/mol. The minimum absolute atomic E-state index is 0.312. The van der Waals surface area contributed by atoms with Crippen molar-refractivity contribution in [3.05, 3.63) is 0 Å². The largest absolute Gasteiger partial charge is 0.381 e. The van der Waals surface area contributed by atoms with Crippen LogP contribution in [0.2, 0.25) is 0 Å². The molecule has 0 fully saturated rings. The normalized spacial score (nSPS) is 16.4. The first-order valence-electron chi connectivity index (χ1n) is 4.55. The van der Waals surface area contributed by atoms with Gasteiger partial charge in [0.15, 0.2) is 0 Å². The van der Waals surface area contributed by atoms with Crippen LogP contribution in [0.1, 0.15) is 33.6 Å². The molecule has 2 nitrogen and oxygen atoms in total. The van der Waals surface area contributed by atoms with Crippen LogP contribution in [0.25, 0.3) is 0 Å². The summed E-state index contributed by atoms with van der Waals surface area (Å²) in [6, 6.07) is 0.312. The number of ether oxygens (including phenoxy) is 1. The molecular formula is C9H21NO. The van der Waals surface area contributed by atoms with E-state index in [2.05, 4.69) is 13.8 Å². The standard InChI is InChI=1S/C9H21NO/c1-4-6-9(10)8(3)7-11-5-2/h8-9H,4-7,10H2,1-3H3. The Labute approximate surface area is 70.1 Å². The summed E-state index contributed by atoms with van der Waals surface area (Å²) < 4.78 is 5.28. The van der Waals surface area contributed by atoms with Crippen molar-refractivity contribution in [1.29, 1.82) is 0 Å². The van der Waals surface area contributed by atoms with Gasteiger partial charge in [0.2, 0.25) is 0 Å². The molecule has 0 aliphatic rings. The summed E-state index contributed by atoms with van der Waals surface area (Å²) in [4.78, 5) is 0. The summed E-state index contributed by atoms with van der Waals surface area (Å²) in [5, 5.41) is 0. The lowest BCUT2D eigenvalue weighted by atomic mass is 10.00. The summed E-state index contributed by atoms with van der Waals surface area (Å²) in [5.74, 6) is 0.495. The Bertz CT molecular complexity index is 85.6. The van der Waals surface area contributed by atoms with Gasteiger partial charge in [-0.25, -0.2) is 0 Å². The Morgan fingerprint density at radius 2 is 2.00 bits per heavy atom. The van der Waals surface area contributed by atoms with E-state index >= 15 is 0 Å². The Morgan fingerprint density at radius 3 is 2.45 bits per heavy atom. The molecule has 0 aliphatic carbocycles. The van der Waals surface area contributed by atoms with E-state index in [0.717, 1.165) is 26.1 Å². The molecule has 0 aliphatic heterocycles. The Kier molecular flexibility index (Phi) is 6.57. The van der Waals surface area contributed by atoms with E-state index in [1.165, 1.54) is 0 Å². The van der Waals surface area contributed by atoms with Crippen LogP contribution in [0.15, 0.2) is 0 Å². The molecule has 0 radical (unpaired) electrons. The maximum absolute atomic E-state index is 5.89. The quantitative estimate of drug-likeness (QED) is 0.641. The third kappa shape index (κ3) is 5.22. The summed E-state index contributed by atoms with van der Waals surface area (Å²) >= 11 is 0. The van der Waals surface area contributed by atoms with E-state index in [-0.39, 0.29) is 0 Å². The van der Waals surface area contributed by atoms with Crippen LogP contribution < -0.4 is 5.73 Å². The van der Waals surface area contributed by atoms with E-state index in [1.807, 2.05) is 6.92 Å². The van der Waals surface area contributed by atoms with E-state index in [1.54, 1.807) is 0 Å². The minimum Gasteiger partial charge on any atom is -0.381 e. The highest BCUT2D eigenvalue weighted by molar-refractivity contribution is 4.67. The molecule has 0 aromatic rings. The maximum atomic E-state index is 5.89. The van der Waals surface area contributed by atoms with Crippen LogP contribution >= 0.6 is 0 Å². The molecule has 0 heterocycles. The molecule has 0 saturated heterocycles. The van der Waals surface area contributed by atoms with Crippen LogP contribution in [0, 0.1) is 5.92 Å². The van der Waals surface area contributed by atoms with Crippen molar-refractivity contribution in [3.63, 3.8) is 0 Å². The first-order valence-corrected chi connectivity index (χ1v) is 4.55. The van der Waals surface area contributed by atoms with Gasteiger partial charge in [-0.1, -0.05) is 20.3 Å². The lowest BCUT2D eigenvalue weighted by molar-refractivity contribution is 0.105. The maximum Gasteiger partial charge on any atom is 0.0506 e. The zero-order valence-electron chi connectivity index (χ0n) is 7.97. The summed E-state index contributed by atoms with van der Waals surface area (Å²) in [6.07, 6.45) is 2.27. The van der Waals surface area contributed by atoms with Gasteiger partial charge in [-0.15, -0.1) is 0 Å². The van der Waals surface area contributed by atoms with E-state index in [4.69, 9.17) is 10.5 Å². The fraction of sp³-hybridized carbons (Fsp3) is 1.00. The van der Waals surface area contributed by atoms with Crippen LogP contribution in [0.5, 0.6) is 0 Å². The second-order valence-electron chi connectivity index (χ2n) is 3.09. The lowest BCUT2D eigenvalue weighted by Gasteiger charge is -2.18. The summed E-state index contributed by atoms with van der Waals surface area (Å²) in [5.41, 5.74) is 5.89. The van der Waals surface area contributed by atoms with Crippen molar-refractivity contribution in [1.82, 2.24) is 0 Å². The zero-order valence-corrected chi connectivity index (χ0v) is 7.97. The Balaban J connectivity index is 3.38. The average Bonchev–Trinajstić information content (AvgIpc) is 2.00. The molecule has 0 amide bonds. The molecule has 2 atom stereocenters. The van der Waals surface area contributed by atoms with Crippen LogP contribution in [0.4, 0.5) is 0 Å². The van der Waals surface area contributed by atoms with Crippen molar-refractivity contribution in [2.24, 2.45) is 11.7 Å². The molecule has 68 valence electrons. The first-order chi connectivity index (χ1) is 5.22. The highest BCUT2D eigenvalue weighted by Crippen LogP contribution is 2.06. The molecular weight excluding hydrogens is 138 g/mol. The molecule has 2 heteroatoms. The second kappa shape index (κ2) is 6.62. The van der Waals surface area contributed by atoms with Gasteiger partial charge in [0.05, 0.1) is 6.61 Å². The topological polar surface area (TPSA) is 35.2 Å². The van der Waals surface area contributed by atoms with Crippen molar-refractivity contribution in [2.75, 3.05) is 13.2 Å². The van der Waals surface area contributed by atoms with Crippen molar-refractivity contribution < 1.29 is 4.74 Å². The molecule has 0 aromatic heterocycles. The average molecular weight is 159 g/mol. The molecule has 2 unspecified atom stereocenters. The highest BCUT2D eigenvalue weighted by atomic mass is 16.5. The van der Waals surface area contributed by atoms with Gasteiger partial charge in [-0.2, -0.15) is 0 Å². The fourth-order valence-electron chi connectivity index (χ4n) is 1.05. The number of nitrogens with two attached hydrogens (primary N) is 1. The van der Waals surface area contributed by atoms with Crippen LogP contribution in [0.3, 0.4) is 0 Å². The van der Waals surface area contributed by atoms with Gasteiger partial charge in [0, 0.05) is 12.6 Å². The fourth-order valence-corrected chi connectivity index (χ4v) is 1.05. The Morgan fingerprint density at radius 1 is 1.36 bits per heavy atom. The van der Waals surface area contributed by atoms with Crippen molar-refractivity contribution in [2.45, 2.75) is 39.7 Å². The SMILES string of the molecule is CCCC(N)C(C)COCC. The van der Waals surface area contributed by atoms with Crippen LogP contribution in [-0.2, 0) is 4.74 Å². The molecule has 0 aromatic carbocycles. The predicted molar refractivity (Wildman–Crippen MR) is 48.5 cm³/mol. The summed E-state index contributed by atoms with van der Waals surface area (Å²) in [6.45, 7) is 7.92. The van der Waals surface area contributed by atoms with Crippen LogP contribution in [-0.4, -0.2) is 19.3 Å². The smallest absolute Gasteiger partial charge is 0.0506 e. The van der Waals surface area contributed by atoms with Gasteiger partial charge in [0.25, 0.3) is 0 Å². The van der Waals surface area contributed by atoms with E-state index < -0.39 is 0 Å². The Hall–Kier alpha value is -0.0800. The van der Waals surface area contributed by atoms with Gasteiger partial charge in [-0.3, -0.25) is 0 Å². The van der Waals surface area contributed by atoms with Gasteiger partial charge < -0.3 is 10.5 Å². The molecule has 2 N–H and O–H groups in total. The van der Waals surface area contributed by atoms with Crippen molar-refractivity contribution >= 4 is 0 Å². The zero-order chi connectivity index (χ0) is 8.69. The molecule has 0 spiro atoms. The number of hydrogen-bond donors (Lipinski definition) is 1. The van der Waals surface area contributed by atoms with Gasteiger partial charge in [-0.05, 0) is 19.3 Å². The predicted octanol–water partition coefficient (Wildman–Crippen LogP) is 1.79. The third-order valence-electron chi connectivity index (χ3n) is 1.94. The van der Waals surface area contributed by atoms with E-state index in [0.29, 0.717) is 12.0 Å². The lowest BCUT2D eigenvalue weighted by Crippen LogP contribution is -2.30. The van der Waals surface area contributed by atoms with Gasteiger partial charge >= 0.3 is 0 Å². The summed E-state index contributed by atoms with van der Waals surface area (Å²) in [7, 11) is 0. The second-order valence-corrected chi connectivity index (χ2v) is 3.09. The van der Waals surface area contributed by atoms with E-state index in [9.17, 15) is 0 Å². The molecule has 11 heavy (non-hydrogen) atoms. The molecule has 0 rings (SSSR count). The minimum atomic E-state index is 0.312. The molecule has 0 saturated carbocycles. The number of hydrogen-bond acceptors (Lipinski definition) is 2. The van der Waals surface area contributed by atoms with Crippen molar-refractivity contribution in [3.8, 4) is 0 Å². The first kappa shape index (κ1) is 10.9. The highest BCUT2D eigenvalue weighted by Gasteiger charge is 2.10. The third-order valence-corrected chi connectivity index (χ3v) is 1.94. The number of rotatable bonds is 6.